The molecule has 1 N–H and O–H groups in total. The molecule has 1 aliphatic rings. The van der Waals surface area contributed by atoms with E-state index in [9.17, 15) is 5.11 Å². The maximum absolute atomic E-state index is 9.31. The van der Waals surface area contributed by atoms with Crippen molar-refractivity contribution in [3.05, 3.63) is 47.0 Å². The lowest BCUT2D eigenvalue weighted by atomic mass is 10.1. The van der Waals surface area contributed by atoms with E-state index in [1.807, 2.05) is 12.1 Å². The largest absolute Gasteiger partial charge is 0.388 e. The van der Waals surface area contributed by atoms with E-state index in [1.165, 1.54) is 24.0 Å². The molecule has 1 aromatic carbocycles. The van der Waals surface area contributed by atoms with Gasteiger partial charge in [-0.1, -0.05) is 24.3 Å². The van der Waals surface area contributed by atoms with Gasteiger partial charge in [0, 0.05) is 12.5 Å². The molecule has 0 saturated heterocycles. The fourth-order valence-corrected chi connectivity index (χ4v) is 2.32. The van der Waals surface area contributed by atoms with E-state index in [0.717, 1.165) is 12.2 Å². The van der Waals surface area contributed by atoms with Crippen LogP contribution in [0.5, 0.6) is 0 Å². The van der Waals surface area contributed by atoms with Crippen LogP contribution in [0.4, 0.5) is 0 Å². The summed E-state index contributed by atoms with van der Waals surface area (Å²) in [4.78, 5) is 0. The van der Waals surface area contributed by atoms with E-state index in [4.69, 9.17) is 0 Å². The molecule has 0 aliphatic heterocycles. The molecule has 4 nitrogen and oxygen atoms in total. The molecule has 0 radical (unpaired) electrons. The van der Waals surface area contributed by atoms with Crippen molar-refractivity contribution in [1.82, 2.24) is 14.8 Å². The number of hydrogen-bond acceptors (Lipinski definition) is 3. The van der Waals surface area contributed by atoms with Gasteiger partial charge in [-0.3, -0.25) is 0 Å². The molecule has 1 heterocycles. The molecular formula is C14H17N3O. The zero-order chi connectivity index (χ0) is 12.5. The van der Waals surface area contributed by atoms with Crippen molar-refractivity contribution >= 4 is 0 Å². The van der Waals surface area contributed by atoms with Crippen LogP contribution in [0, 0.1) is 6.92 Å². The van der Waals surface area contributed by atoms with E-state index in [-0.39, 0.29) is 6.61 Å². The fourth-order valence-electron chi connectivity index (χ4n) is 2.32. The molecule has 1 saturated carbocycles. The lowest BCUT2D eigenvalue weighted by Crippen LogP contribution is -2.07. The standard InChI is InChI=1S/C14H17N3O/c1-10-4-2-3-5-11(10)8-13-15-16-14(9-18)17(13)12-6-7-12/h2-5,12,18H,6-9H2,1H3. The smallest absolute Gasteiger partial charge is 0.159 e. The fraction of sp³-hybridized carbons (Fsp3) is 0.429. The monoisotopic (exact) mass is 243 g/mol. The van der Waals surface area contributed by atoms with Crippen LogP contribution in [-0.2, 0) is 13.0 Å². The lowest BCUT2D eigenvalue weighted by Gasteiger charge is -2.09. The van der Waals surface area contributed by atoms with Gasteiger partial charge in [0.25, 0.3) is 0 Å². The minimum absolute atomic E-state index is 0.0305. The minimum Gasteiger partial charge on any atom is -0.388 e. The van der Waals surface area contributed by atoms with Crippen molar-refractivity contribution in [3.8, 4) is 0 Å². The van der Waals surface area contributed by atoms with Crippen LogP contribution < -0.4 is 0 Å². The first-order valence-corrected chi connectivity index (χ1v) is 6.37. The first kappa shape index (κ1) is 11.4. The molecule has 0 unspecified atom stereocenters. The van der Waals surface area contributed by atoms with Crippen LogP contribution in [0.2, 0.25) is 0 Å². The molecule has 2 aromatic rings. The summed E-state index contributed by atoms with van der Waals surface area (Å²) in [5.41, 5.74) is 2.55. The summed E-state index contributed by atoms with van der Waals surface area (Å²) >= 11 is 0. The number of aliphatic hydroxyl groups is 1. The van der Waals surface area contributed by atoms with Gasteiger partial charge in [-0.2, -0.15) is 0 Å². The van der Waals surface area contributed by atoms with Crippen LogP contribution >= 0.6 is 0 Å². The molecule has 0 spiro atoms. The molecular weight excluding hydrogens is 226 g/mol. The predicted molar refractivity (Wildman–Crippen MR) is 68.2 cm³/mol. The number of aromatic nitrogens is 3. The Hall–Kier alpha value is -1.68. The Kier molecular flexibility index (Phi) is 2.88. The molecule has 18 heavy (non-hydrogen) atoms. The number of aryl methyl sites for hydroxylation is 1. The summed E-state index contributed by atoms with van der Waals surface area (Å²) in [6.45, 7) is 2.08. The van der Waals surface area contributed by atoms with Crippen LogP contribution in [0.15, 0.2) is 24.3 Å². The van der Waals surface area contributed by atoms with Crippen LogP contribution in [0.1, 0.15) is 41.7 Å². The third-order valence-corrected chi connectivity index (χ3v) is 3.50. The summed E-state index contributed by atoms with van der Waals surface area (Å²) in [7, 11) is 0. The molecule has 4 heteroatoms. The topological polar surface area (TPSA) is 50.9 Å². The number of hydrogen-bond donors (Lipinski definition) is 1. The molecule has 0 amide bonds. The van der Waals surface area contributed by atoms with Gasteiger partial charge in [-0.05, 0) is 30.9 Å². The number of aliphatic hydroxyl groups excluding tert-OH is 1. The van der Waals surface area contributed by atoms with Gasteiger partial charge >= 0.3 is 0 Å². The zero-order valence-electron chi connectivity index (χ0n) is 10.5. The van der Waals surface area contributed by atoms with Crippen LogP contribution in [-0.4, -0.2) is 19.9 Å². The van der Waals surface area contributed by atoms with E-state index in [0.29, 0.717) is 11.9 Å². The van der Waals surface area contributed by atoms with Gasteiger partial charge < -0.3 is 9.67 Å². The third kappa shape index (κ3) is 2.04. The Balaban J connectivity index is 1.93. The normalized spacial score (nSPS) is 15.0. The molecule has 1 fully saturated rings. The summed E-state index contributed by atoms with van der Waals surface area (Å²) in [6.07, 6.45) is 3.13. The Morgan fingerprint density at radius 2 is 1.94 bits per heavy atom. The highest BCUT2D eigenvalue weighted by Gasteiger charge is 2.29. The van der Waals surface area contributed by atoms with Gasteiger partial charge in [0.15, 0.2) is 5.82 Å². The van der Waals surface area contributed by atoms with Crippen molar-refractivity contribution in [2.24, 2.45) is 0 Å². The summed E-state index contributed by atoms with van der Waals surface area (Å²) in [5.74, 6) is 1.66. The van der Waals surface area contributed by atoms with Crippen molar-refractivity contribution in [2.45, 2.75) is 38.8 Å². The van der Waals surface area contributed by atoms with Gasteiger partial charge in [0.1, 0.15) is 12.4 Å². The number of nitrogens with zero attached hydrogens (tertiary/aromatic N) is 3. The van der Waals surface area contributed by atoms with E-state index >= 15 is 0 Å². The predicted octanol–water partition coefficient (Wildman–Crippen LogP) is 2.00. The Bertz CT molecular complexity index is 558. The second-order valence-electron chi connectivity index (χ2n) is 4.90. The minimum atomic E-state index is -0.0305. The zero-order valence-corrected chi connectivity index (χ0v) is 10.5. The van der Waals surface area contributed by atoms with Gasteiger partial charge in [-0.15, -0.1) is 10.2 Å². The Morgan fingerprint density at radius 3 is 2.61 bits per heavy atom. The lowest BCUT2D eigenvalue weighted by molar-refractivity contribution is 0.264. The van der Waals surface area contributed by atoms with Crippen molar-refractivity contribution < 1.29 is 5.11 Å². The summed E-state index contributed by atoms with van der Waals surface area (Å²) in [5, 5.41) is 17.6. The van der Waals surface area contributed by atoms with E-state index in [2.05, 4.69) is 33.8 Å². The first-order chi connectivity index (χ1) is 8.79. The molecule has 94 valence electrons. The SMILES string of the molecule is Cc1ccccc1Cc1nnc(CO)n1C1CC1. The highest BCUT2D eigenvalue weighted by molar-refractivity contribution is 5.28. The second-order valence-corrected chi connectivity index (χ2v) is 4.90. The van der Waals surface area contributed by atoms with Gasteiger partial charge in [0.2, 0.25) is 0 Å². The van der Waals surface area contributed by atoms with Gasteiger partial charge in [-0.25, -0.2) is 0 Å². The number of rotatable bonds is 4. The van der Waals surface area contributed by atoms with E-state index in [1.54, 1.807) is 0 Å². The van der Waals surface area contributed by atoms with Crippen molar-refractivity contribution in [1.29, 1.82) is 0 Å². The molecule has 1 aliphatic carbocycles. The Morgan fingerprint density at radius 1 is 1.22 bits per heavy atom. The summed E-state index contributed by atoms with van der Waals surface area (Å²) < 4.78 is 2.12. The highest BCUT2D eigenvalue weighted by Crippen LogP contribution is 2.37. The van der Waals surface area contributed by atoms with E-state index < -0.39 is 0 Å². The third-order valence-electron chi connectivity index (χ3n) is 3.50. The van der Waals surface area contributed by atoms with Crippen LogP contribution in [0.25, 0.3) is 0 Å². The quantitative estimate of drug-likeness (QED) is 0.893. The highest BCUT2D eigenvalue weighted by atomic mass is 16.3. The summed E-state index contributed by atoms with van der Waals surface area (Å²) in [6, 6.07) is 8.83. The molecule has 3 rings (SSSR count). The second kappa shape index (κ2) is 4.53. The molecule has 1 aromatic heterocycles. The van der Waals surface area contributed by atoms with Crippen molar-refractivity contribution in [3.63, 3.8) is 0 Å². The molecule has 0 bridgehead atoms. The maximum atomic E-state index is 9.31. The first-order valence-electron chi connectivity index (χ1n) is 6.37. The number of benzene rings is 1. The Labute approximate surface area is 106 Å². The molecule has 0 atom stereocenters. The average molecular weight is 243 g/mol. The van der Waals surface area contributed by atoms with Crippen LogP contribution in [0.3, 0.4) is 0 Å². The van der Waals surface area contributed by atoms with Crippen molar-refractivity contribution in [2.75, 3.05) is 0 Å². The average Bonchev–Trinajstić information content (AvgIpc) is 3.14. The van der Waals surface area contributed by atoms with Gasteiger partial charge in [0.05, 0.1) is 0 Å². The maximum Gasteiger partial charge on any atom is 0.159 e.